The van der Waals surface area contributed by atoms with Crippen LogP contribution in [-0.4, -0.2) is 16.0 Å². The molecular formula is C19H22N4S. The molecule has 2 aromatic heterocycles. The van der Waals surface area contributed by atoms with Crippen LogP contribution in [-0.2, 0) is 6.54 Å². The Morgan fingerprint density at radius 3 is 2.88 bits per heavy atom. The van der Waals surface area contributed by atoms with Crippen molar-refractivity contribution in [3.05, 3.63) is 48.3 Å². The lowest BCUT2D eigenvalue weighted by molar-refractivity contribution is 0.462. The molecule has 1 aliphatic carbocycles. The van der Waals surface area contributed by atoms with E-state index in [0.717, 1.165) is 22.9 Å². The van der Waals surface area contributed by atoms with Gasteiger partial charge < -0.3 is 10.6 Å². The number of rotatable bonds is 5. The van der Waals surface area contributed by atoms with Crippen molar-refractivity contribution in [2.45, 2.75) is 44.7 Å². The smallest absolute Gasteiger partial charge is 0.184 e. The molecule has 5 heteroatoms. The first kappa shape index (κ1) is 15.4. The van der Waals surface area contributed by atoms with Gasteiger partial charge in [-0.05, 0) is 42.7 Å². The van der Waals surface area contributed by atoms with E-state index in [9.17, 15) is 0 Å². The third-order valence-electron chi connectivity index (χ3n) is 4.54. The van der Waals surface area contributed by atoms with Crippen molar-refractivity contribution in [1.82, 2.24) is 9.97 Å². The molecule has 1 aromatic carbocycles. The number of benzene rings is 1. The summed E-state index contributed by atoms with van der Waals surface area (Å²) in [5.41, 5.74) is 3.39. The summed E-state index contributed by atoms with van der Waals surface area (Å²) < 4.78 is 1.25. The molecule has 0 atom stereocenters. The molecule has 3 aromatic rings. The maximum absolute atomic E-state index is 4.74. The molecule has 1 fully saturated rings. The number of nitrogens with one attached hydrogen (secondary N) is 2. The summed E-state index contributed by atoms with van der Waals surface area (Å²) in [5, 5.41) is 8.10. The first-order chi connectivity index (χ1) is 11.9. The zero-order chi connectivity index (χ0) is 16.2. The first-order valence-electron chi connectivity index (χ1n) is 8.67. The third kappa shape index (κ3) is 3.67. The molecule has 0 unspecified atom stereocenters. The Labute approximate surface area is 146 Å². The summed E-state index contributed by atoms with van der Waals surface area (Å²) >= 11 is 1.76. The van der Waals surface area contributed by atoms with Gasteiger partial charge in [-0.1, -0.05) is 36.7 Å². The van der Waals surface area contributed by atoms with E-state index in [0.29, 0.717) is 6.04 Å². The van der Waals surface area contributed by atoms with Crippen LogP contribution < -0.4 is 10.6 Å². The van der Waals surface area contributed by atoms with Gasteiger partial charge in [-0.3, -0.25) is 4.98 Å². The molecule has 0 radical (unpaired) electrons. The van der Waals surface area contributed by atoms with Crippen LogP contribution in [0.25, 0.3) is 10.2 Å². The number of nitrogens with zero attached hydrogens (tertiary/aromatic N) is 2. The molecular weight excluding hydrogens is 316 g/mol. The molecule has 1 saturated carbocycles. The molecule has 124 valence electrons. The van der Waals surface area contributed by atoms with Crippen LogP contribution in [0, 0.1) is 0 Å². The highest BCUT2D eigenvalue weighted by Crippen LogP contribution is 2.29. The minimum atomic E-state index is 0.603. The van der Waals surface area contributed by atoms with Crippen molar-refractivity contribution >= 4 is 32.4 Å². The van der Waals surface area contributed by atoms with Gasteiger partial charge in [-0.15, -0.1) is 0 Å². The minimum Gasteiger partial charge on any atom is -0.380 e. The minimum absolute atomic E-state index is 0.603. The van der Waals surface area contributed by atoms with Crippen molar-refractivity contribution in [1.29, 1.82) is 0 Å². The average molecular weight is 338 g/mol. The Kier molecular flexibility index (Phi) is 4.60. The van der Waals surface area contributed by atoms with Crippen LogP contribution in [0.4, 0.5) is 10.8 Å². The molecule has 1 aliphatic rings. The van der Waals surface area contributed by atoms with Gasteiger partial charge in [-0.2, -0.15) is 0 Å². The van der Waals surface area contributed by atoms with Gasteiger partial charge in [0.1, 0.15) is 0 Å². The number of thiazole rings is 1. The van der Waals surface area contributed by atoms with Crippen molar-refractivity contribution < 1.29 is 0 Å². The Bertz CT molecular complexity index is 793. The molecule has 24 heavy (non-hydrogen) atoms. The fourth-order valence-electron chi connectivity index (χ4n) is 3.23. The van der Waals surface area contributed by atoms with E-state index in [1.807, 2.05) is 18.3 Å². The summed E-state index contributed by atoms with van der Waals surface area (Å²) in [5.74, 6) is 0. The van der Waals surface area contributed by atoms with E-state index in [2.05, 4.69) is 33.8 Å². The number of pyridine rings is 1. The lowest BCUT2D eigenvalue weighted by atomic mass is 9.96. The Hall–Kier alpha value is -2.14. The summed E-state index contributed by atoms with van der Waals surface area (Å²) in [6.07, 6.45) is 10.2. The van der Waals surface area contributed by atoms with Gasteiger partial charge in [0.2, 0.25) is 0 Å². The van der Waals surface area contributed by atoms with Crippen molar-refractivity contribution in [2.75, 3.05) is 10.6 Å². The van der Waals surface area contributed by atoms with Crippen LogP contribution in [0.1, 0.15) is 37.7 Å². The van der Waals surface area contributed by atoms with Gasteiger partial charge in [0.15, 0.2) is 5.13 Å². The summed E-state index contributed by atoms with van der Waals surface area (Å²) in [6.45, 7) is 0.797. The summed E-state index contributed by atoms with van der Waals surface area (Å²) in [6, 6.07) is 11.1. The molecule has 0 aliphatic heterocycles. The van der Waals surface area contributed by atoms with E-state index in [1.54, 1.807) is 17.5 Å². The average Bonchev–Trinajstić information content (AvgIpc) is 3.03. The SMILES string of the molecule is c1cncc(NCc2ccc3nc(NC4CCCCC4)sc3c2)c1. The van der Waals surface area contributed by atoms with Crippen LogP contribution in [0.15, 0.2) is 42.7 Å². The lowest BCUT2D eigenvalue weighted by Crippen LogP contribution is -2.21. The van der Waals surface area contributed by atoms with Gasteiger partial charge in [0.25, 0.3) is 0 Å². The highest BCUT2D eigenvalue weighted by molar-refractivity contribution is 7.22. The van der Waals surface area contributed by atoms with Crippen molar-refractivity contribution in [3.63, 3.8) is 0 Å². The van der Waals surface area contributed by atoms with Crippen LogP contribution in [0.3, 0.4) is 0 Å². The van der Waals surface area contributed by atoms with Crippen molar-refractivity contribution in [3.8, 4) is 0 Å². The summed E-state index contributed by atoms with van der Waals surface area (Å²) in [7, 11) is 0. The normalized spacial score (nSPS) is 15.5. The van der Waals surface area contributed by atoms with Gasteiger partial charge in [0.05, 0.1) is 15.9 Å². The van der Waals surface area contributed by atoms with E-state index in [-0.39, 0.29) is 0 Å². The van der Waals surface area contributed by atoms with Gasteiger partial charge in [-0.25, -0.2) is 4.98 Å². The number of fused-ring (bicyclic) bond motifs is 1. The Balaban J connectivity index is 1.44. The fourth-order valence-corrected chi connectivity index (χ4v) is 4.24. The molecule has 0 spiro atoms. The number of aromatic nitrogens is 2. The maximum atomic E-state index is 4.74. The highest BCUT2D eigenvalue weighted by atomic mass is 32.1. The van der Waals surface area contributed by atoms with E-state index in [4.69, 9.17) is 4.98 Å². The molecule has 2 N–H and O–H groups in total. The monoisotopic (exact) mass is 338 g/mol. The standard InChI is InChI=1S/C19H22N4S/c1-2-5-15(6-3-1)22-19-23-17-9-8-14(11-18(17)24-19)12-21-16-7-4-10-20-13-16/h4,7-11,13,15,21H,1-3,5-6,12H2,(H,22,23). The molecule has 0 amide bonds. The maximum Gasteiger partial charge on any atom is 0.184 e. The van der Waals surface area contributed by atoms with Crippen molar-refractivity contribution in [2.24, 2.45) is 0 Å². The second-order valence-corrected chi connectivity index (χ2v) is 7.43. The van der Waals surface area contributed by atoms with E-state index >= 15 is 0 Å². The second-order valence-electron chi connectivity index (χ2n) is 6.40. The highest BCUT2D eigenvalue weighted by Gasteiger charge is 2.14. The van der Waals surface area contributed by atoms with Gasteiger partial charge in [0, 0.05) is 25.0 Å². The number of hydrogen-bond donors (Lipinski definition) is 2. The number of hydrogen-bond acceptors (Lipinski definition) is 5. The number of anilines is 2. The van der Waals surface area contributed by atoms with Crippen LogP contribution in [0.5, 0.6) is 0 Å². The van der Waals surface area contributed by atoms with Crippen LogP contribution in [0.2, 0.25) is 0 Å². The first-order valence-corrected chi connectivity index (χ1v) is 9.48. The second kappa shape index (κ2) is 7.18. The predicted molar refractivity (Wildman–Crippen MR) is 102 cm³/mol. The molecule has 0 bridgehead atoms. The molecule has 0 saturated heterocycles. The molecule has 4 rings (SSSR count). The summed E-state index contributed by atoms with van der Waals surface area (Å²) in [4.78, 5) is 8.87. The zero-order valence-electron chi connectivity index (χ0n) is 13.7. The lowest BCUT2D eigenvalue weighted by Gasteiger charge is -2.22. The Morgan fingerprint density at radius 2 is 2.04 bits per heavy atom. The van der Waals surface area contributed by atoms with E-state index < -0.39 is 0 Å². The third-order valence-corrected chi connectivity index (χ3v) is 5.49. The van der Waals surface area contributed by atoms with Gasteiger partial charge >= 0.3 is 0 Å². The predicted octanol–water partition coefficient (Wildman–Crippen LogP) is 5.05. The molecule has 4 nitrogen and oxygen atoms in total. The Morgan fingerprint density at radius 1 is 1.12 bits per heavy atom. The quantitative estimate of drug-likeness (QED) is 0.683. The fraction of sp³-hybridized carbons (Fsp3) is 0.368. The van der Waals surface area contributed by atoms with Crippen LogP contribution >= 0.6 is 11.3 Å². The van der Waals surface area contributed by atoms with E-state index in [1.165, 1.54) is 42.4 Å². The zero-order valence-corrected chi connectivity index (χ0v) is 14.5. The topological polar surface area (TPSA) is 49.8 Å². The molecule has 2 heterocycles. The largest absolute Gasteiger partial charge is 0.380 e.